The summed E-state index contributed by atoms with van der Waals surface area (Å²) in [7, 11) is 1.23. The van der Waals surface area contributed by atoms with Gasteiger partial charge in [0.1, 0.15) is 5.82 Å². The zero-order chi connectivity index (χ0) is 15.2. The molecule has 0 spiro atoms. The summed E-state index contributed by atoms with van der Waals surface area (Å²) in [6, 6.07) is 4.55. The molecule has 0 saturated heterocycles. The van der Waals surface area contributed by atoms with Crippen molar-refractivity contribution < 1.29 is 19.0 Å². The molecule has 2 rings (SSSR count). The number of benzene rings is 1. The topological polar surface area (TPSA) is 58.6 Å². The van der Waals surface area contributed by atoms with Gasteiger partial charge in [0.25, 0.3) is 0 Å². The number of carbonyl (C=O) groups excluding carboxylic acids is 1. The first-order chi connectivity index (χ1) is 10.1. The first-order valence-electron chi connectivity index (χ1n) is 7.35. The predicted octanol–water partition coefficient (Wildman–Crippen LogP) is 2.25. The number of hydrogen-bond acceptors (Lipinski definition) is 4. The van der Waals surface area contributed by atoms with E-state index < -0.39 is 11.8 Å². The number of methoxy groups -OCH3 is 1. The van der Waals surface area contributed by atoms with Gasteiger partial charge in [0, 0.05) is 6.54 Å². The Kier molecular flexibility index (Phi) is 5.70. The monoisotopic (exact) mass is 295 g/mol. The zero-order valence-corrected chi connectivity index (χ0v) is 12.3. The van der Waals surface area contributed by atoms with Gasteiger partial charge in [0.05, 0.1) is 18.8 Å². The Labute approximate surface area is 124 Å². The third-order valence-corrected chi connectivity index (χ3v) is 4.02. The van der Waals surface area contributed by atoms with Gasteiger partial charge in [0.2, 0.25) is 0 Å². The average Bonchev–Trinajstić information content (AvgIpc) is 2.49. The van der Waals surface area contributed by atoms with Crippen LogP contribution < -0.4 is 5.32 Å². The van der Waals surface area contributed by atoms with Gasteiger partial charge in [-0.05, 0) is 55.8 Å². The van der Waals surface area contributed by atoms with Crippen molar-refractivity contribution in [2.75, 3.05) is 13.7 Å². The Hall–Kier alpha value is -1.46. The summed E-state index contributed by atoms with van der Waals surface area (Å²) in [5.41, 5.74) is 0.763. The quantitative estimate of drug-likeness (QED) is 0.818. The van der Waals surface area contributed by atoms with Gasteiger partial charge in [-0.1, -0.05) is 6.07 Å². The van der Waals surface area contributed by atoms with Gasteiger partial charge in [-0.3, -0.25) is 0 Å². The molecule has 0 atom stereocenters. The maximum Gasteiger partial charge on any atom is 0.340 e. The highest BCUT2D eigenvalue weighted by atomic mass is 19.1. The molecule has 0 unspecified atom stereocenters. The molecule has 0 aliphatic heterocycles. The largest absolute Gasteiger partial charge is 0.465 e. The fourth-order valence-corrected chi connectivity index (χ4v) is 2.71. The molecule has 116 valence electrons. The molecule has 1 fully saturated rings. The third-order valence-electron chi connectivity index (χ3n) is 4.02. The fraction of sp³-hybridized carbons (Fsp3) is 0.562. The molecule has 4 nitrogen and oxygen atoms in total. The molecule has 0 aromatic heterocycles. The summed E-state index contributed by atoms with van der Waals surface area (Å²) < 4.78 is 18.3. The summed E-state index contributed by atoms with van der Waals surface area (Å²) in [5, 5.41) is 12.8. The molecule has 0 bridgehead atoms. The second-order valence-electron chi connectivity index (χ2n) is 5.61. The van der Waals surface area contributed by atoms with Crippen molar-refractivity contribution in [2.24, 2.45) is 5.92 Å². The first kappa shape index (κ1) is 15.9. The molecule has 21 heavy (non-hydrogen) atoms. The number of aliphatic hydroxyl groups is 1. The van der Waals surface area contributed by atoms with Crippen LogP contribution >= 0.6 is 0 Å². The van der Waals surface area contributed by atoms with Gasteiger partial charge in [-0.25, -0.2) is 9.18 Å². The highest BCUT2D eigenvalue weighted by molar-refractivity contribution is 5.89. The van der Waals surface area contributed by atoms with E-state index in [0.29, 0.717) is 12.5 Å². The maximum atomic E-state index is 13.8. The Bertz CT molecular complexity index is 484. The Morgan fingerprint density at radius 2 is 2.10 bits per heavy atom. The lowest BCUT2D eigenvalue weighted by molar-refractivity contribution is 0.0595. The van der Waals surface area contributed by atoms with Crippen LogP contribution in [-0.2, 0) is 11.3 Å². The Morgan fingerprint density at radius 1 is 1.38 bits per heavy atom. The lowest BCUT2D eigenvalue weighted by Crippen LogP contribution is -2.27. The molecular weight excluding hydrogens is 273 g/mol. The third kappa shape index (κ3) is 4.51. The number of rotatable bonds is 5. The maximum absolute atomic E-state index is 13.8. The van der Waals surface area contributed by atoms with Crippen LogP contribution in [0.15, 0.2) is 18.2 Å². The van der Waals surface area contributed by atoms with E-state index in [0.717, 1.165) is 37.8 Å². The van der Waals surface area contributed by atoms with Crippen LogP contribution in [0.2, 0.25) is 0 Å². The standard InChI is InChI=1S/C16H22FNO3/c1-21-16(20)14-7-4-12(8-15(14)17)10-18-9-11-2-5-13(19)6-3-11/h4,7-8,11,13,18-19H,2-3,5-6,9-10H2,1H3. The van der Waals surface area contributed by atoms with E-state index in [9.17, 15) is 14.3 Å². The van der Waals surface area contributed by atoms with E-state index in [2.05, 4.69) is 10.1 Å². The lowest BCUT2D eigenvalue weighted by Gasteiger charge is -2.25. The fourth-order valence-electron chi connectivity index (χ4n) is 2.71. The molecule has 0 heterocycles. The van der Waals surface area contributed by atoms with Crippen LogP contribution in [0.1, 0.15) is 41.6 Å². The van der Waals surface area contributed by atoms with E-state index in [1.54, 1.807) is 6.07 Å². The first-order valence-corrected chi connectivity index (χ1v) is 7.35. The average molecular weight is 295 g/mol. The number of nitrogens with one attached hydrogen (secondary N) is 1. The number of aliphatic hydroxyl groups excluding tert-OH is 1. The highest BCUT2D eigenvalue weighted by Gasteiger charge is 2.19. The Balaban J connectivity index is 1.81. The van der Waals surface area contributed by atoms with Crippen LogP contribution in [0.5, 0.6) is 0 Å². The summed E-state index contributed by atoms with van der Waals surface area (Å²) in [4.78, 5) is 11.3. The molecule has 1 saturated carbocycles. The lowest BCUT2D eigenvalue weighted by atomic mass is 9.87. The minimum Gasteiger partial charge on any atom is -0.465 e. The molecule has 1 aliphatic rings. The predicted molar refractivity (Wildman–Crippen MR) is 77.4 cm³/mol. The van der Waals surface area contributed by atoms with Crippen molar-refractivity contribution in [3.8, 4) is 0 Å². The van der Waals surface area contributed by atoms with E-state index in [4.69, 9.17) is 0 Å². The van der Waals surface area contributed by atoms with Gasteiger partial charge in [-0.15, -0.1) is 0 Å². The van der Waals surface area contributed by atoms with Crippen LogP contribution in [0.25, 0.3) is 0 Å². The van der Waals surface area contributed by atoms with Crippen molar-refractivity contribution in [3.63, 3.8) is 0 Å². The number of halogens is 1. The summed E-state index contributed by atoms with van der Waals surface area (Å²) in [5.74, 6) is -0.637. The van der Waals surface area contributed by atoms with E-state index in [1.807, 2.05) is 0 Å². The second kappa shape index (κ2) is 7.52. The van der Waals surface area contributed by atoms with Crippen LogP contribution in [-0.4, -0.2) is 30.8 Å². The van der Waals surface area contributed by atoms with Crippen LogP contribution in [0.4, 0.5) is 4.39 Å². The van der Waals surface area contributed by atoms with Crippen molar-refractivity contribution >= 4 is 5.97 Å². The smallest absolute Gasteiger partial charge is 0.340 e. The summed E-state index contributed by atoms with van der Waals surface area (Å²) in [6.07, 6.45) is 3.67. The van der Waals surface area contributed by atoms with Gasteiger partial charge in [0.15, 0.2) is 0 Å². The molecule has 0 radical (unpaired) electrons. The number of hydrogen-bond donors (Lipinski definition) is 2. The number of ether oxygens (including phenoxy) is 1. The zero-order valence-electron chi connectivity index (χ0n) is 12.3. The van der Waals surface area contributed by atoms with Crippen molar-refractivity contribution in [1.29, 1.82) is 0 Å². The van der Waals surface area contributed by atoms with Crippen molar-refractivity contribution in [3.05, 3.63) is 35.1 Å². The SMILES string of the molecule is COC(=O)c1ccc(CNCC2CCC(O)CC2)cc1F. The molecule has 1 aromatic rings. The minimum atomic E-state index is -0.659. The highest BCUT2D eigenvalue weighted by Crippen LogP contribution is 2.23. The molecule has 0 amide bonds. The number of carbonyl (C=O) groups is 1. The van der Waals surface area contributed by atoms with E-state index in [1.165, 1.54) is 19.2 Å². The summed E-state index contributed by atoms with van der Waals surface area (Å²) >= 11 is 0. The molecule has 2 N–H and O–H groups in total. The van der Waals surface area contributed by atoms with E-state index in [-0.39, 0.29) is 11.7 Å². The minimum absolute atomic E-state index is 0.0393. The van der Waals surface area contributed by atoms with Gasteiger partial charge >= 0.3 is 5.97 Å². The molecule has 1 aromatic carbocycles. The summed E-state index contributed by atoms with van der Waals surface area (Å²) in [6.45, 7) is 1.44. The molecule has 1 aliphatic carbocycles. The normalized spacial score (nSPS) is 22.0. The van der Waals surface area contributed by atoms with Crippen molar-refractivity contribution in [2.45, 2.75) is 38.3 Å². The van der Waals surface area contributed by atoms with Gasteiger partial charge < -0.3 is 15.2 Å². The number of esters is 1. The van der Waals surface area contributed by atoms with E-state index >= 15 is 0 Å². The second-order valence-corrected chi connectivity index (χ2v) is 5.61. The van der Waals surface area contributed by atoms with Crippen LogP contribution in [0, 0.1) is 11.7 Å². The molecule has 5 heteroatoms. The molecular formula is C16H22FNO3. The van der Waals surface area contributed by atoms with Crippen molar-refractivity contribution in [1.82, 2.24) is 5.32 Å². The Morgan fingerprint density at radius 3 is 2.71 bits per heavy atom. The van der Waals surface area contributed by atoms with Crippen LogP contribution in [0.3, 0.4) is 0 Å². The van der Waals surface area contributed by atoms with Gasteiger partial charge in [-0.2, -0.15) is 0 Å².